The van der Waals surface area contributed by atoms with Gasteiger partial charge in [-0.15, -0.1) is 0 Å². The molecule has 1 heterocycles. The third kappa shape index (κ3) is 4.17. The summed E-state index contributed by atoms with van der Waals surface area (Å²) in [5, 5.41) is -0.243. The average molecular weight is 381 g/mol. The molecule has 27 heavy (non-hydrogen) atoms. The number of benzene rings is 2. The van der Waals surface area contributed by atoms with Gasteiger partial charge in [0.1, 0.15) is 5.82 Å². The highest BCUT2D eigenvalue weighted by Crippen LogP contribution is 2.23. The molecule has 0 saturated carbocycles. The van der Waals surface area contributed by atoms with Crippen LogP contribution in [0.25, 0.3) is 12.2 Å². The summed E-state index contributed by atoms with van der Waals surface area (Å²) in [7, 11) is -3.90. The summed E-state index contributed by atoms with van der Waals surface area (Å²) in [6.45, 7) is 1.30. The Morgan fingerprint density at radius 3 is 2.04 bits per heavy atom. The number of pyridine rings is 1. The van der Waals surface area contributed by atoms with Crippen molar-refractivity contribution in [2.45, 2.75) is 16.8 Å². The zero-order valence-corrected chi connectivity index (χ0v) is 15.3. The van der Waals surface area contributed by atoms with Crippen LogP contribution in [0.5, 0.6) is 0 Å². The molecule has 0 aliphatic heterocycles. The quantitative estimate of drug-likeness (QED) is 0.485. The van der Waals surface area contributed by atoms with Crippen molar-refractivity contribution in [3.8, 4) is 0 Å². The van der Waals surface area contributed by atoms with Gasteiger partial charge in [-0.3, -0.25) is 4.79 Å². The normalized spacial score (nSPS) is 11.6. The van der Waals surface area contributed by atoms with Gasteiger partial charge in [0.05, 0.1) is 10.5 Å². The molecule has 6 heteroatoms. The minimum Gasteiger partial charge on any atom is -0.294 e. The van der Waals surface area contributed by atoms with Crippen molar-refractivity contribution in [2.24, 2.45) is 0 Å². The molecular weight excluding hydrogens is 365 g/mol. The highest BCUT2D eigenvalue weighted by atomic mass is 32.2. The first kappa shape index (κ1) is 18.7. The smallest absolute Gasteiger partial charge is 0.224 e. The first-order chi connectivity index (χ1) is 12.9. The van der Waals surface area contributed by atoms with E-state index in [9.17, 15) is 17.6 Å². The summed E-state index contributed by atoms with van der Waals surface area (Å²) in [5.74, 6) is -0.665. The molecule has 0 bridgehead atoms. The molecule has 3 rings (SSSR count). The molecule has 0 saturated heterocycles. The minimum atomic E-state index is -3.90. The highest BCUT2D eigenvalue weighted by Gasteiger charge is 2.24. The van der Waals surface area contributed by atoms with Crippen molar-refractivity contribution < 1.29 is 17.6 Å². The number of hydrogen-bond acceptors (Lipinski definition) is 4. The number of rotatable bonds is 5. The maximum atomic E-state index is 12.9. The van der Waals surface area contributed by atoms with E-state index in [0.717, 1.165) is 11.1 Å². The Balaban J connectivity index is 1.89. The van der Waals surface area contributed by atoms with Gasteiger partial charge in [-0.05, 0) is 54.4 Å². The van der Waals surface area contributed by atoms with Gasteiger partial charge in [-0.1, -0.05) is 36.4 Å². The van der Waals surface area contributed by atoms with E-state index < -0.39 is 9.84 Å². The van der Waals surface area contributed by atoms with Gasteiger partial charge in [0.2, 0.25) is 9.84 Å². The van der Waals surface area contributed by atoms with Crippen LogP contribution < -0.4 is 0 Å². The summed E-state index contributed by atoms with van der Waals surface area (Å²) in [5.41, 5.74) is 1.68. The lowest BCUT2D eigenvalue weighted by Crippen LogP contribution is -2.10. The number of nitrogens with zero attached hydrogens (tertiary/aromatic N) is 1. The molecular formula is C21H16FNO3S. The molecule has 0 aliphatic rings. The van der Waals surface area contributed by atoms with Crippen molar-refractivity contribution in [1.82, 2.24) is 4.98 Å². The summed E-state index contributed by atoms with van der Waals surface area (Å²) < 4.78 is 38.5. The van der Waals surface area contributed by atoms with E-state index in [1.165, 1.54) is 49.5 Å². The van der Waals surface area contributed by atoms with Gasteiger partial charge in [0, 0.05) is 6.20 Å². The molecule has 1 aromatic heterocycles. The van der Waals surface area contributed by atoms with Crippen molar-refractivity contribution >= 4 is 27.8 Å². The second-order valence-electron chi connectivity index (χ2n) is 5.87. The van der Waals surface area contributed by atoms with Gasteiger partial charge < -0.3 is 0 Å². The Labute approximate surface area is 156 Å². The summed E-state index contributed by atoms with van der Waals surface area (Å²) in [6, 6.07) is 15.3. The Morgan fingerprint density at radius 1 is 0.926 bits per heavy atom. The molecule has 2 aromatic carbocycles. The van der Waals surface area contributed by atoms with Gasteiger partial charge in [-0.25, -0.2) is 17.8 Å². The fourth-order valence-electron chi connectivity index (χ4n) is 2.51. The van der Waals surface area contributed by atoms with Crippen molar-refractivity contribution in [3.05, 3.63) is 89.4 Å². The van der Waals surface area contributed by atoms with Gasteiger partial charge in [0.15, 0.2) is 10.8 Å². The third-order valence-electron chi connectivity index (χ3n) is 3.93. The first-order valence-electron chi connectivity index (χ1n) is 8.13. The Morgan fingerprint density at radius 2 is 1.48 bits per heavy atom. The number of carbonyl (C=O) groups is 1. The predicted octanol–water partition coefficient (Wildman–Crippen LogP) is 4.43. The van der Waals surface area contributed by atoms with Crippen molar-refractivity contribution in [2.75, 3.05) is 0 Å². The average Bonchev–Trinajstić information content (AvgIpc) is 2.68. The van der Waals surface area contributed by atoms with Crippen LogP contribution in [0.15, 0.2) is 76.8 Å². The molecule has 0 radical (unpaired) electrons. The topological polar surface area (TPSA) is 64.1 Å². The molecule has 0 aliphatic carbocycles. The lowest BCUT2D eigenvalue weighted by molar-refractivity contribution is 0.101. The molecule has 0 N–H and O–H groups in total. The standard InChI is InChI=1S/C21H16FNO3S/c1-15(24)20-3-2-14-23-21(20)27(25,26)19-12-8-17(9-13-19)5-4-16-6-10-18(22)11-7-16/h2-14H,1H3/b5-4+. The van der Waals surface area contributed by atoms with E-state index in [1.807, 2.05) is 0 Å². The number of Topliss-reactive ketones (excluding diaryl/α,β-unsaturated/α-hetero) is 1. The summed E-state index contributed by atoms with van der Waals surface area (Å²) in [6.07, 6.45) is 4.94. The van der Waals surface area contributed by atoms with Crippen LogP contribution in [-0.2, 0) is 9.84 Å². The Kier molecular flexibility index (Phi) is 5.28. The van der Waals surface area contributed by atoms with Crippen LogP contribution in [0, 0.1) is 5.82 Å². The van der Waals surface area contributed by atoms with Crippen LogP contribution in [0.1, 0.15) is 28.4 Å². The van der Waals surface area contributed by atoms with Gasteiger partial charge in [0.25, 0.3) is 0 Å². The number of aromatic nitrogens is 1. The van der Waals surface area contributed by atoms with E-state index in [4.69, 9.17) is 0 Å². The number of halogens is 1. The van der Waals surface area contributed by atoms with Gasteiger partial charge in [-0.2, -0.15) is 0 Å². The van der Waals surface area contributed by atoms with Crippen molar-refractivity contribution in [1.29, 1.82) is 0 Å². The molecule has 4 nitrogen and oxygen atoms in total. The van der Waals surface area contributed by atoms with Crippen molar-refractivity contribution in [3.63, 3.8) is 0 Å². The zero-order valence-electron chi connectivity index (χ0n) is 14.5. The SMILES string of the molecule is CC(=O)c1cccnc1S(=O)(=O)c1ccc(/C=C/c2ccc(F)cc2)cc1. The molecule has 0 fully saturated rings. The highest BCUT2D eigenvalue weighted by molar-refractivity contribution is 7.91. The Bertz CT molecular complexity index is 1100. The minimum absolute atomic E-state index is 0.0580. The number of carbonyl (C=O) groups excluding carboxylic acids is 1. The third-order valence-corrected chi connectivity index (χ3v) is 5.66. The van der Waals surface area contributed by atoms with Crippen LogP contribution in [0.4, 0.5) is 4.39 Å². The van der Waals surface area contributed by atoms with E-state index in [-0.39, 0.29) is 27.1 Å². The molecule has 0 spiro atoms. The van der Waals surface area contributed by atoms with Crippen LogP contribution in [0.3, 0.4) is 0 Å². The number of sulfone groups is 1. The zero-order chi connectivity index (χ0) is 19.4. The lowest BCUT2D eigenvalue weighted by atomic mass is 10.1. The van der Waals surface area contributed by atoms with E-state index in [2.05, 4.69) is 4.98 Å². The van der Waals surface area contributed by atoms with Crippen LogP contribution >= 0.6 is 0 Å². The number of ketones is 1. The lowest BCUT2D eigenvalue weighted by Gasteiger charge is -2.07. The van der Waals surface area contributed by atoms with Crippen LogP contribution in [0.2, 0.25) is 0 Å². The fraction of sp³-hybridized carbons (Fsp3) is 0.0476. The maximum Gasteiger partial charge on any atom is 0.224 e. The molecule has 3 aromatic rings. The van der Waals surface area contributed by atoms with E-state index in [0.29, 0.717) is 0 Å². The van der Waals surface area contributed by atoms with E-state index in [1.54, 1.807) is 36.4 Å². The maximum absolute atomic E-state index is 12.9. The van der Waals surface area contributed by atoms with E-state index >= 15 is 0 Å². The number of hydrogen-bond donors (Lipinski definition) is 0. The Hall–Kier alpha value is -3.12. The first-order valence-corrected chi connectivity index (χ1v) is 9.61. The molecule has 0 atom stereocenters. The molecule has 0 unspecified atom stereocenters. The largest absolute Gasteiger partial charge is 0.294 e. The van der Waals surface area contributed by atoms with Gasteiger partial charge >= 0.3 is 0 Å². The second-order valence-corrected chi connectivity index (χ2v) is 7.73. The van der Waals surface area contributed by atoms with Crippen LogP contribution in [-0.4, -0.2) is 19.2 Å². The monoisotopic (exact) mass is 381 g/mol. The summed E-state index contributed by atoms with van der Waals surface area (Å²) in [4.78, 5) is 15.7. The molecule has 0 amide bonds. The predicted molar refractivity (Wildman–Crippen MR) is 101 cm³/mol. The second kappa shape index (κ2) is 7.63. The molecule has 136 valence electrons. The summed E-state index contributed by atoms with van der Waals surface area (Å²) >= 11 is 0. The fourth-order valence-corrected chi connectivity index (χ4v) is 3.93.